The number of benzene rings is 1. The number of carbonyl (C=O) groups excluding carboxylic acids is 1. The van der Waals surface area contributed by atoms with Crippen molar-refractivity contribution in [1.29, 1.82) is 0 Å². The first-order valence-corrected chi connectivity index (χ1v) is 6.91. The van der Waals surface area contributed by atoms with Crippen LogP contribution in [0, 0.1) is 0 Å². The van der Waals surface area contributed by atoms with Gasteiger partial charge in [0, 0.05) is 15.1 Å². The van der Waals surface area contributed by atoms with Crippen molar-refractivity contribution in [2.45, 2.75) is 0 Å². The maximum Gasteiger partial charge on any atom is 0.258 e. The summed E-state index contributed by atoms with van der Waals surface area (Å²) in [6, 6.07) is 8.67. The van der Waals surface area contributed by atoms with E-state index < -0.39 is 0 Å². The molecule has 0 saturated carbocycles. The zero-order valence-electron chi connectivity index (χ0n) is 8.95. The second-order valence-electron chi connectivity index (χ2n) is 3.41. The molecule has 18 heavy (non-hydrogen) atoms. The smallest absolute Gasteiger partial charge is 0.258 e. The summed E-state index contributed by atoms with van der Waals surface area (Å²) in [5, 5.41) is 3.06. The van der Waals surface area contributed by atoms with E-state index in [1.54, 1.807) is 36.5 Å². The largest absolute Gasteiger partial charge is 0.305 e. The number of hydrogen-bond donors (Lipinski definition) is 1. The van der Waals surface area contributed by atoms with Crippen LogP contribution in [0.4, 0.5) is 5.82 Å². The molecule has 0 spiro atoms. The van der Waals surface area contributed by atoms with E-state index in [0.29, 0.717) is 20.9 Å². The molecule has 0 aliphatic heterocycles. The average molecular weight is 390 g/mol. The Bertz CT molecular complexity index is 604. The molecule has 0 bridgehead atoms. The minimum atomic E-state index is -0.269. The number of halogens is 3. The van der Waals surface area contributed by atoms with Crippen LogP contribution < -0.4 is 5.32 Å². The van der Waals surface area contributed by atoms with E-state index in [1.807, 2.05) is 0 Å². The van der Waals surface area contributed by atoms with Crippen molar-refractivity contribution < 1.29 is 4.79 Å². The summed E-state index contributed by atoms with van der Waals surface area (Å²) in [4.78, 5) is 16.0. The molecule has 1 heterocycles. The van der Waals surface area contributed by atoms with Gasteiger partial charge in [0.1, 0.15) is 0 Å². The Morgan fingerprint density at radius 1 is 1.28 bits per heavy atom. The molecule has 2 rings (SSSR count). The van der Waals surface area contributed by atoms with Gasteiger partial charge in [-0.3, -0.25) is 4.79 Å². The topological polar surface area (TPSA) is 42.0 Å². The van der Waals surface area contributed by atoms with Gasteiger partial charge in [0.25, 0.3) is 5.91 Å². The first kappa shape index (κ1) is 13.5. The molecule has 1 N–H and O–H groups in total. The predicted octanol–water partition coefficient (Wildman–Crippen LogP) is 4.51. The van der Waals surface area contributed by atoms with Crippen LogP contribution in [-0.4, -0.2) is 10.9 Å². The van der Waals surface area contributed by atoms with Crippen molar-refractivity contribution in [3.05, 3.63) is 56.1 Å². The molecule has 1 aromatic heterocycles. The lowest BCUT2D eigenvalue weighted by molar-refractivity contribution is 0.102. The number of anilines is 1. The van der Waals surface area contributed by atoms with Crippen LogP contribution in [0.25, 0.3) is 0 Å². The first-order valence-electron chi connectivity index (χ1n) is 4.95. The highest BCUT2D eigenvalue weighted by molar-refractivity contribution is 9.11. The van der Waals surface area contributed by atoms with Crippen molar-refractivity contribution >= 4 is 55.2 Å². The molecule has 0 unspecified atom stereocenters. The van der Waals surface area contributed by atoms with Crippen LogP contribution in [0.1, 0.15) is 10.4 Å². The number of rotatable bonds is 2. The van der Waals surface area contributed by atoms with E-state index in [4.69, 9.17) is 11.6 Å². The summed E-state index contributed by atoms with van der Waals surface area (Å²) in [5.74, 6) is 0.0777. The van der Waals surface area contributed by atoms with Gasteiger partial charge in [-0.15, -0.1) is 0 Å². The Labute approximate surface area is 126 Å². The van der Waals surface area contributed by atoms with E-state index in [-0.39, 0.29) is 5.91 Å². The quantitative estimate of drug-likeness (QED) is 0.820. The summed E-state index contributed by atoms with van der Waals surface area (Å²) in [5.41, 5.74) is 0.514. The summed E-state index contributed by atoms with van der Waals surface area (Å²) < 4.78 is 1.59. The monoisotopic (exact) mass is 388 g/mol. The molecular formula is C12H7Br2ClN2O. The Kier molecular flexibility index (Phi) is 4.37. The van der Waals surface area contributed by atoms with E-state index >= 15 is 0 Å². The maximum absolute atomic E-state index is 12.0. The molecule has 0 aliphatic carbocycles. The molecule has 0 saturated heterocycles. The van der Waals surface area contributed by atoms with Crippen molar-refractivity contribution in [2.24, 2.45) is 0 Å². The summed E-state index contributed by atoms with van der Waals surface area (Å²) in [6.07, 6.45) is 1.57. The van der Waals surface area contributed by atoms with Gasteiger partial charge in [0.05, 0.1) is 10.6 Å². The zero-order valence-corrected chi connectivity index (χ0v) is 12.9. The molecule has 2 aromatic rings. The van der Waals surface area contributed by atoms with Crippen LogP contribution in [0.5, 0.6) is 0 Å². The van der Waals surface area contributed by atoms with Gasteiger partial charge in [-0.1, -0.05) is 27.5 Å². The Hall–Kier alpha value is -0.910. The minimum Gasteiger partial charge on any atom is -0.305 e. The Morgan fingerprint density at radius 2 is 2.06 bits per heavy atom. The van der Waals surface area contributed by atoms with Gasteiger partial charge in [-0.25, -0.2) is 4.98 Å². The highest BCUT2D eigenvalue weighted by Gasteiger charge is 2.12. The number of nitrogens with zero attached hydrogens (tertiary/aromatic N) is 1. The Morgan fingerprint density at radius 3 is 2.72 bits per heavy atom. The van der Waals surface area contributed by atoms with Crippen molar-refractivity contribution in [1.82, 2.24) is 4.98 Å². The molecule has 0 aliphatic rings. The van der Waals surface area contributed by atoms with Gasteiger partial charge in [-0.2, -0.15) is 0 Å². The van der Waals surface area contributed by atoms with Gasteiger partial charge >= 0.3 is 0 Å². The minimum absolute atomic E-state index is 0.269. The fourth-order valence-corrected chi connectivity index (χ4v) is 2.72. The molecule has 0 radical (unpaired) electrons. The third kappa shape index (κ3) is 3.10. The van der Waals surface area contributed by atoms with Crippen molar-refractivity contribution in [3.8, 4) is 0 Å². The highest BCUT2D eigenvalue weighted by Crippen LogP contribution is 2.24. The van der Waals surface area contributed by atoms with Crippen molar-refractivity contribution in [2.75, 3.05) is 5.32 Å². The SMILES string of the molecule is O=C(Nc1ncccc1Cl)c1ccc(Br)cc1Br. The second kappa shape index (κ2) is 5.82. The third-order valence-corrected chi connectivity index (χ3v) is 3.62. The summed E-state index contributed by atoms with van der Waals surface area (Å²) >= 11 is 12.6. The first-order chi connectivity index (χ1) is 8.58. The summed E-state index contributed by atoms with van der Waals surface area (Å²) in [6.45, 7) is 0. The third-order valence-electron chi connectivity index (χ3n) is 2.17. The second-order valence-corrected chi connectivity index (χ2v) is 5.59. The van der Waals surface area contributed by atoms with Crippen LogP contribution in [-0.2, 0) is 0 Å². The van der Waals surface area contributed by atoms with E-state index in [1.165, 1.54) is 0 Å². The number of hydrogen-bond acceptors (Lipinski definition) is 2. The number of aromatic nitrogens is 1. The Balaban J connectivity index is 2.25. The van der Waals surface area contributed by atoms with Crippen LogP contribution in [0.3, 0.4) is 0 Å². The van der Waals surface area contributed by atoms with Crippen LogP contribution >= 0.6 is 43.5 Å². The lowest BCUT2D eigenvalue weighted by atomic mass is 10.2. The van der Waals surface area contributed by atoms with Gasteiger partial charge < -0.3 is 5.32 Å². The molecule has 0 atom stereocenters. The molecule has 1 aromatic carbocycles. The number of carbonyl (C=O) groups is 1. The molecule has 92 valence electrons. The molecule has 0 fully saturated rings. The van der Waals surface area contributed by atoms with E-state index in [2.05, 4.69) is 42.2 Å². The van der Waals surface area contributed by atoms with Crippen LogP contribution in [0.15, 0.2) is 45.5 Å². The summed E-state index contributed by atoms with van der Waals surface area (Å²) in [7, 11) is 0. The van der Waals surface area contributed by atoms with Gasteiger partial charge in [0.15, 0.2) is 5.82 Å². The van der Waals surface area contributed by atoms with Crippen molar-refractivity contribution in [3.63, 3.8) is 0 Å². The normalized spacial score (nSPS) is 10.2. The van der Waals surface area contributed by atoms with Gasteiger partial charge in [0.2, 0.25) is 0 Å². The molecular weight excluding hydrogens is 383 g/mol. The molecule has 3 nitrogen and oxygen atoms in total. The highest BCUT2D eigenvalue weighted by atomic mass is 79.9. The molecule has 6 heteroatoms. The fraction of sp³-hybridized carbons (Fsp3) is 0. The maximum atomic E-state index is 12.0. The number of pyridine rings is 1. The number of nitrogens with one attached hydrogen (secondary N) is 1. The number of amides is 1. The van der Waals surface area contributed by atoms with E-state index in [9.17, 15) is 4.79 Å². The molecule has 1 amide bonds. The lowest BCUT2D eigenvalue weighted by Crippen LogP contribution is -2.13. The average Bonchev–Trinajstić information content (AvgIpc) is 2.32. The van der Waals surface area contributed by atoms with Crippen LogP contribution in [0.2, 0.25) is 5.02 Å². The standard InChI is InChI=1S/C12H7Br2ClN2O/c13-7-3-4-8(9(14)6-7)12(18)17-11-10(15)2-1-5-16-11/h1-6H,(H,16,17,18). The van der Waals surface area contributed by atoms with E-state index in [0.717, 1.165) is 4.47 Å². The van der Waals surface area contributed by atoms with Gasteiger partial charge in [-0.05, 0) is 46.3 Å². The predicted molar refractivity (Wildman–Crippen MR) is 79.0 cm³/mol. The lowest BCUT2D eigenvalue weighted by Gasteiger charge is -2.07. The zero-order chi connectivity index (χ0) is 13.1. The fourth-order valence-electron chi connectivity index (χ4n) is 1.33.